The van der Waals surface area contributed by atoms with Crippen molar-refractivity contribution in [2.24, 2.45) is 0 Å². The smallest absolute Gasteiger partial charge is 0.305 e. The third-order valence-corrected chi connectivity index (χ3v) is 4.55. The molecule has 1 fully saturated rings. The maximum atomic E-state index is 11.4. The quantitative estimate of drug-likeness (QED) is 0.517. The first-order valence-corrected chi connectivity index (χ1v) is 8.87. The molecule has 1 aliphatic rings. The molecule has 0 aliphatic carbocycles. The van der Waals surface area contributed by atoms with Gasteiger partial charge in [0.1, 0.15) is 12.7 Å². The third-order valence-electron chi connectivity index (χ3n) is 3.26. The van der Waals surface area contributed by atoms with Crippen molar-refractivity contribution in [3.63, 3.8) is 0 Å². The van der Waals surface area contributed by atoms with Gasteiger partial charge in [0.15, 0.2) is 0 Å². The van der Waals surface area contributed by atoms with E-state index in [4.69, 9.17) is 37.4 Å². The summed E-state index contributed by atoms with van der Waals surface area (Å²) in [7, 11) is 0. The van der Waals surface area contributed by atoms with Crippen molar-refractivity contribution in [1.29, 1.82) is 0 Å². The number of hydrogen-bond donors (Lipinski definition) is 0. The van der Waals surface area contributed by atoms with Gasteiger partial charge in [-0.15, -0.1) is 0 Å². The van der Waals surface area contributed by atoms with Gasteiger partial charge in [-0.1, -0.05) is 52.1 Å². The predicted octanol–water partition coefficient (Wildman–Crippen LogP) is 4.30. The second-order valence-corrected chi connectivity index (χ2v) is 6.40. The van der Waals surface area contributed by atoms with Crippen molar-refractivity contribution in [2.45, 2.75) is 31.7 Å². The lowest BCUT2D eigenvalue weighted by Crippen LogP contribution is -2.31. The Morgan fingerprint density at radius 2 is 2.27 bits per heavy atom. The van der Waals surface area contributed by atoms with Crippen molar-refractivity contribution in [3.8, 4) is 0 Å². The second-order valence-electron chi connectivity index (χ2n) is 4.99. The van der Waals surface area contributed by atoms with Crippen LogP contribution in [0.15, 0.2) is 18.2 Å². The average molecular weight is 412 g/mol. The van der Waals surface area contributed by atoms with E-state index in [0.717, 1.165) is 6.42 Å². The van der Waals surface area contributed by atoms with E-state index in [1.807, 2.05) is 6.92 Å². The fourth-order valence-electron chi connectivity index (χ4n) is 2.19. The Labute approximate surface area is 148 Å². The summed E-state index contributed by atoms with van der Waals surface area (Å²) in [5.41, 5.74) is 0.692. The topological polar surface area (TPSA) is 44.8 Å². The van der Waals surface area contributed by atoms with Gasteiger partial charge in [-0.25, -0.2) is 0 Å². The lowest BCUT2D eigenvalue weighted by molar-refractivity contribution is -0.168. The van der Waals surface area contributed by atoms with Gasteiger partial charge in [0.25, 0.3) is 0 Å². The van der Waals surface area contributed by atoms with Crippen LogP contribution in [-0.4, -0.2) is 30.6 Å². The van der Waals surface area contributed by atoms with Crippen LogP contribution in [0.2, 0.25) is 10.0 Å². The van der Waals surface area contributed by atoms with Crippen LogP contribution in [0.5, 0.6) is 0 Å². The maximum absolute atomic E-state index is 11.4. The Balaban J connectivity index is 2.05. The zero-order chi connectivity index (χ0) is 16.2. The number of esters is 1. The fraction of sp³-hybridized carbons (Fsp3) is 0.533. The van der Waals surface area contributed by atoms with E-state index < -0.39 is 5.79 Å². The normalized spacial score (nSPS) is 24.5. The summed E-state index contributed by atoms with van der Waals surface area (Å²) in [4.78, 5) is 11.4. The minimum absolute atomic E-state index is 0.165. The summed E-state index contributed by atoms with van der Waals surface area (Å²) in [6.45, 7) is 2.41. The van der Waals surface area contributed by atoms with Crippen molar-refractivity contribution >= 4 is 45.1 Å². The zero-order valence-electron chi connectivity index (χ0n) is 12.1. The molecular weight excluding hydrogens is 395 g/mol. The average Bonchev–Trinajstić information content (AvgIpc) is 2.90. The number of benzene rings is 1. The minimum atomic E-state index is -0.997. The van der Waals surface area contributed by atoms with Crippen molar-refractivity contribution in [2.75, 3.05) is 18.5 Å². The molecular formula is C15H17BrCl2O4. The summed E-state index contributed by atoms with van der Waals surface area (Å²) >= 11 is 15.6. The molecule has 0 aromatic heterocycles. The Morgan fingerprint density at radius 1 is 1.50 bits per heavy atom. The Hall–Kier alpha value is -0.330. The lowest BCUT2D eigenvalue weighted by Gasteiger charge is -2.27. The molecule has 1 aliphatic heterocycles. The van der Waals surface area contributed by atoms with Crippen LogP contribution in [-0.2, 0) is 24.8 Å². The van der Waals surface area contributed by atoms with Gasteiger partial charge in [-0.2, -0.15) is 0 Å². The van der Waals surface area contributed by atoms with Crippen LogP contribution in [0.25, 0.3) is 0 Å². The standard InChI is InChI=1S/C15H17BrCl2O4/c1-2-3-14(19)20-7-11-8-21-15(9-16,22-11)12-5-4-10(17)6-13(12)18/h4-6,11H,2-3,7-9H2,1H3/t11-,15-/m1/s1. The van der Waals surface area contributed by atoms with Gasteiger partial charge < -0.3 is 14.2 Å². The van der Waals surface area contributed by atoms with Crippen LogP contribution in [0.3, 0.4) is 0 Å². The van der Waals surface area contributed by atoms with Crippen LogP contribution in [0, 0.1) is 0 Å². The van der Waals surface area contributed by atoms with E-state index in [9.17, 15) is 4.79 Å². The Morgan fingerprint density at radius 3 is 2.91 bits per heavy atom. The molecule has 0 saturated carbocycles. The minimum Gasteiger partial charge on any atom is -0.463 e. The first-order chi connectivity index (χ1) is 10.5. The molecule has 0 amide bonds. The van der Waals surface area contributed by atoms with Crippen LogP contribution < -0.4 is 0 Å². The van der Waals surface area contributed by atoms with E-state index in [1.54, 1.807) is 18.2 Å². The highest BCUT2D eigenvalue weighted by molar-refractivity contribution is 9.09. The highest BCUT2D eigenvalue weighted by Crippen LogP contribution is 2.40. The SMILES string of the molecule is CCCC(=O)OC[C@@H]1CO[C@@](CBr)(c2ccc(Cl)cc2Cl)O1. The van der Waals surface area contributed by atoms with Crippen molar-refractivity contribution in [1.82, 2.24) is 0 Å². The highest BCUT2D eigenvalue weighted by Gasteiger charge is 2.44. The molecule has 22 heavy (non-hydrogen) atoms. The summed E-state index contributed by atoms with van der Waals surface area (Å²) in [5, 5.41) is 1.41. The number of halogens is 3. The molecule has 1 aromatic rings. The molecule has 1 saturated heterocycles. The Bertz CT molecular complexity index is 540. The van der Waals surface area contributed by atoms with E-state index in [1.165, 1.54) is 0 Å². The van der Waals surface area contributed by atoms with E-state index >= 15 is 0 Å². The molecule has 1 aromatic carbocycles. The summed E-state index contributed by atoms with van der Waals surface area (Å²) in [5.74, 6) is -1.23. The fourth-order valence-corrected chi connectivity index (χ4v) is 3.34. The van der Waals surface area contributed by atoms with Crippen molar-refractivity contribution in [3.05, 3.63) is 33.8 Å². The van der Waals surface area contributed by atoms with Gasteiger partial charge in [-0.3, -0.25) is 4.79 Å². The number of rotatable bonds is 6. The molecule has 0 unspecified atom stereocenters. The van der Waals surface area contributed by atoms with Crippen LogP contribution >= 0.6 is 39.1 Å². The van der Waals surface area contributed by atoms with E-state index in [-0.39, 0.29) is 18.7 Å². The zero-order valence-corrected chi connectivity index (χ0v) is 15.2. The molecule has 0 radical (unpaired) electrons. The van der Waals surface area contributed by atoms with E-state index in [2.05, 4.69) is 15.9 Å². The molecule has 2 atom stereocenters. The van der Waals surface area contributed by atoms with Gasteiger partial charge >= 0.3 is 5.97 Å². The number of hydrogen-bond acceptors (Lipinski definition) is 4. The lowest BCUT2D eigenvalue weighted by atomic mass is 10.1. The second kappa shape index (κ2) is 7.97. The van der Waals surface area contributed by atoms with Gasteiger partial charge in [0, 0.05) is 17.0 Å². The number of alkyl halides is 1. The molecule has 4 nitrogen and oxygen atoms in total. The molecule has 1 heterocycles. The van der Waals surface area contributed by atoms with Crippen LogP contribution in [0.1, 0.15) is 25.3 Å². The van der Waals surface area contributed by atoms with E-state index in [0.29, 0.717) is 34.0 Å². The predicted molar refractivity (Wildman–Crippen MR) is 88.6 cm³/mol. The van der Waals surface area contributed by atoms with Gasteiger partial charge in [0.05, 0.1) is 17.0 Å². The maximum Gasteiger partial charge on any atom is 0.305 e. The molecule has 0 spiro atoms. The highest BCUT2D eigenvalue weighted by atomic mass is 79.9. The summed E-state index contributed by atoms with van der Waals surface area (Å²) < 4.78 is 16.9. The monoisotopic (exact) mass is 410 g/mol. The van der Waals surface area contributed by atoms with Gasteiger partial charge in [0.2, 0.25) is 5.79 Å². The summed E-state index contributed by atoms with van der Waals surface area (Å²) in [6, 6.07) is 5.15. The summed E-state index contributed by atoms with van der Waals surface area (Å²) in [6.07, 6.45) is 0.831. The van der Waals surface area contributed by atoms with Crippen LogP contribution in [0.4, 0.5) is 0 Å². The number of ether oxygens (including phenoxy) is 3. The van der Waals surface area contributed by atoms with Gasteiger partial charge in [-0.05, 0) is 18.6 Å². The largest absolute Gasteiger partial charge is 0.463 e. The third kappa shape index (κ3) is 4.15. The first kappa shape index (κ1) is 18.0. The molecule has 2 rings (SSSR count). The Kier molecular flexibility index (Phi) is 6.53. The molecule has 7 heteroatoms. The molecule has 0 bridgehead atoms. The molecule has 0 N–H and O–H groups in total. The molecule has 122 valence electrons. The van der Waals surface area contributed by atoms with Crippen molar-refractivity contribution < 1.29 is 19.0 Å². The number of carbonyl (C=O) groups is 1. The first-order valence-electron chi connectivity index (χ1n) is 6.99. The number of carbonyl (C=O) groups excluding carboxylic acids is 1.